The lowest BCUT2D eigenvalue weighted by atomic mass is 9.83. The zero-order valence-corrected chi connectivity index (χ0v) is 11.2. The molecule has 1 rings (SSSR count). The summed E-state index contributed by atoms with van der Waals surface area (Å²) in [6, 6.07) is 3.40. The zero-order chi connectivity index (χ0) is 13.9. The molecular formula is C14H20F2O2. The summed E-state index contributed by atoms with van der Waals surface area (Å²) in [5.41, 5.74) is 0.0163. The minimum Gasteiger partial charge on any atom is -0.386 e. The molecule has 0 radical (unpaired) electrons. The van der Waals surface area contributed by atoms with Crippen molar-refractivity contribution in [2.24, 2.45) is 5.41 Å². The second-order valence-corrected chi connectivity index (χ2v) is 5.36. The van der Waals surface area contributed by atoms with E-state index in [4.69, 9.17) is 4.74 Å². The van der Waals surface area contributed by atoms with E-state index in [-0.39, 0.29) is 5.41 Å². The molecule has 0 spiro atoms. The number of halogens is 2. The molecule has 1 aromatic carbocycles. The molecule has 0 aromatic heterocycles. The first-order valence-electron chi connectivity index (χ1n) is 6.02. The Morgan fingerprint density at radius 1 is 1.22 bits per heavy atom. The van der Waals surface area contributed by atoms with E-state index < -0.39 is 23.8 Å². The Hall–Kier alpha value is -1.00. The predicted molar refractivity (Wildman–Crippen MR) is 66.2 cm³/mol. The van der Waals surface area contributed by atoms with Gasteiger partial charge in [0.2, 0.25) is 0 Å². The van der Waals surface area contributed by atoms with Crippen LogP contribution in [0.25, 0.3) is 0 Å². The lowest BCUT2D eigenvalue weighted by Crippen LogP contribution is -2.35. The largest absolute Gasteiger partial charge is 0.386 e. The number of aliphatic hydroxyl groups is 1. The maximum Gasteiger partial charge on any atom is 0.159 e. The SMILES string of the molecule is CCOC(C(O)c1ccc(F)c(F)c1)C(C)(C)C. The Kier molecular flexibility index (Phi) is 4.82. The second kappa shape index (κ2) is 5.76. The van der Waals surface area contributed by atoms with Crippen LogP contribution in [0.3, 0.4) is 0 Å². The van der Waals surface area contributed by atoms with Gasteiger partial charge in [-0.25, -0.2) is 8.78 Å². The average molecular weight is 258 g/mol. The maximum atomic E-state index is 13.2. The minimum absolute atomic E-state index is 0.305. The molecule has 102 valence electrons. The van der Waals surface area contributed by atoms with Gasteiger partial charge in [0.15, 0.2) is 11.6 Å². The normalized spacial score (nSPS) is 15.5. The first-order chi connectivity index (χ1) is 8.27. The lowest BCUT2D eigenvalue weighted by Gasteiger charge is -2.34. The Balaban J connectivity index is 3.01. The van der Waals surface area contributed by atoms with Crippen molar-refractivity contribution in [1.29, 1.82) is 0 Å². The van der Waals surface area contributed by atoms with Crippen molar-refractivity contribution in [2.75, 3.05) is 6.61 Å². The zero-order valence-electron chi connectivity index (χ0n) is 11.2. The number of aliphatic hydroxyl groups excluding tert-OH is 1. The summed E-state index contributed by atoms with van der Waals surface area (Å²) >= 11 is 0. The van der Waals surface area contributed by atoms with Gasteiger partial charge in [-0.15, -0.1) is 0 Å². The van der Waals surface area contributed by atoms with Crippen molar-refractivity contribution >= 4 is 0 Å². The third-order valence-electron chi connectivity index (χ3n) is 2.77. The third kappa shape index (κ3) is 3.50. The van der Waals surface area contributed by atoms with Gasteiger partial charge in [-0.05, 0) is 30.0 Å². The summed E-state index contributed by atoms with van der Waals surface area (Å²) in [5, 5.41) is 10.2. The van der Waals surface area contributed by atoms with Crippen LogP contribution in [0.5, 0.6) is 0 Å². The van der Waals surface area contributed by atoms with Crippen LogP contribution in [0.1, 0.15) is 39.4 Å². The Morgan fingerprint density at radius 2 is 1.83 bits per heavy atom. The summed E-state index contributed by atoms with van der Waals surface area (Å²) in [7, 11) is 0. The summed E-state index contributed by atoms with van der Waals surface area (Å²) in [6.45, 7) is 8.06. The van der Waals surface area contributed by atoms with E-state index in [1.54, 1.807) is 0 Å². The molecule has 1 aromatic rings. The molecule has 1 N–H and O–H groups in total. The van der Waals surface area contributed by atoms with Crippen LogP contribution in [0.15, 0.2) is 18.2 Å². The van der Waals surface area contributed by atoms with Crippen LogP contribution in [-0.2, 0) is 4.74 Å². The molecule has 0 aliphatic carbocycles. The topological polar surface area (TPSA) is 29.5 Å². The van der Waals surface area contributed by atoms with Crippen molar-refractivity contribution in [3.8, 4) is 0 Å². The third-order valence-corrected chi connectivity index (χ3v) is 2.77. The van der Waals surface area contributed by atoms with Gasteiger partial charge in [0.25, 0.3) is 0 Å². The fourth-order valence-corrected chi connectivity index (χ4v) is 1.87. The Morgan fingerprint density at radius 3 is 2.28 bits per heavy atom. The van der Waals surface area contributed by atoms with E-state index in [9.17, 15) is 13.9 Å². The van der Waals surface area contributed by atoms with Gasteiger partial charge in [-0.1, -0.05) is 26.8 Å². The first-order valence-corrected chi connectivity index (χ1v) is 6.02. The highest BCUT2D eigenvalue weighted by molar-refractivity contribution is 5.21. The molecule has 0 saturated heterocycles. The molecule has 0 saturated carbocycles. The van der Waals surface area contributed by atoms with Gasteiger partial charge in [0.1, 0.15) is 6.10 Å². The predicted octanol–water partition coefficient (Wildman–Crippen LogP) is 3.45. The number of ether oxygens (including phenoxy) is 1. The summed E-state index contributed by atoms with van der Waals surface area (Å²) < 4.78 is 31.5. The smallest absolute Gasteiger partial charge is 0.159 e. The molecule has 0 fully saturated rings. The van der Waals surface area contributed by atoms with E-state index in [0.717, 1.165) is 12.1 Å². The highest BCUT2D eigenvalue weighted by Crippen LogP contribution is 2.33. The molecule has 18 heavy (non-hydrogen) atoms. The molecule has 0 heterocycles. The molecule has 0 aliphatic rings. The minimum atomic E-state index is -0.986. The number of hydrogen-bond donors (Lipinski definition) is 1. The van der Waals surface area contributed by atoms with Crippen LogP contribution >= 0.6 is 0 Å². The summed E-state index contributed by atoms with van der Waals surface area (Å²) in [6.07, 6.45) is -1.47. The van der Waals surface area contributed by atoms with Crippen LogP contribution in [-0.4, -0.2) is 17.8 Å². The molecule has 0 amide bonds. The molecule has 4 heteroatoms. The van der Waals surface area contributed by atoms with Crippen molar-refractivity contribution in [2.45, 2.75) is 39.9 Å². The van der Waals surface area contributed by atoms with Crippen molar-refractivity contribution in [1.82, 2.24) is 0 Å². The molecule has 2 nitrogen and oxygen atoms in total. The van der Waals surface area contributed by atoms with Gasteiger partial charge in [0, 0.05) is 6.61 Å². The van der Waals surface area contributed by atoms with Gasteiger partial charge in [-0.2, -0.15) is 0 Å². The molecule has 0 aliphatic heterocycles. The van der Waals surface area contributed by atoms with Crippen molar-refractivity contribution in [3.05, 3.63) is 35.4 Å². The highest BCUT2D eigenvalue weighted by atomic mass is 19.2. The molecule has 0 bridgehead atoms. The van der Waals surface area contributed by atoms with Crippen LogP contribution < -0.4 is 0 Å². The first kappa shape index (κ1) is 15.1. The number of hydrogen-bond acceptors (Lipinski definition) is 2. The monoisotopic (exact) mass is 258 g/mol. The highest BCUT2D eigenvalue weighted by Gasteiger charge is 2.33. The second-order valence-electron chi connectivity index (χ2n) is 5.36. The van der Waals surface area contributed by atoms with E-state index >= 15 is 0 Å². The number of rotatable bonds is 4. The number of benzene rings is 1. The molecule has 2 atom stereocenters. The van der Waals surface area contributed by atoms with E-state index in [1.165, 1.54) is 6.07 Å². The van der Waals surface area contributed by atoms with Crippen LogP contribution in [0, 0.1) is 17.0 Å². The van der Waals surface area contributed by atoms with Crippen molar-refractivity contribution < 1.29 is 18.6 Å². The fourth-order valence-electron chi connectivity index (χ4n) is 1.87. The van der Waals surface area contributed by atoms with Gasteiger partial charge < -0.3 is 9.84 Å². The van der Waals surface area contributed by atoms with E-state index in [2.05, 4.69) is 0 Å². The lowest BCUT2D eigenvalue weighted by molar-refractivity contribution is -0.0899. The van der Waals surface area contributed by atoms with Gasteiger partial charge in [-0.3, -0.25) is 0 Å². The van der Waals surface area contributed by atoms with Crippen LogP contribution in [0.2, 0.25) is 0 Å². The van der Waals surface area contributed by atoms with Crippen LogP contribution in [0.4, 0.5) is 8.78 Å². The van der Waals surface area contributed by atoms with Gasteiger partial charge >= 0.3 is 0 Å². The quantitative estimate of drug-likeness (QED) is 0.896. The average Bonchev–Trinajstić information content (AvgIpc) is 2.27. The summed E-state index contributed by atoms with van der Waals surface area (Å²) in [5.74, 6) is -1.88. The van der Waals surface area contributed by atoms with E-state index in [1.807, 2.05) is 27.7 Å². The molecule has 2 unspecified atom stereocenters. The molecular weight excluding hydrogens is 238 g/mol. The van der Waals surface area contributed by atoms with E-state index in [0.29, 0.717) is 12.2 Å². The van der Waals surface area contributed by atoms with Gasteiger partial charge in [0.05, 0.1) is 6.10 Å². The summed E-state index contributed by atoms with van der Waals surface area (Å²) in [4.78, 5) is 0. The maximum absolute atomic E-state index is 13.2. The fraction of sp³-hybridized carbons (Fsp3) is 0.571. The Labute approximate surface area is 107 Å². The van der Waals surface area contributed by atoms with Crippen molar-refractivity contribution in [3.63, 3.8) is 0 Å². The Bertz CT molecular complexity index is 399. The standard InChI is InChI=1S/C14H20F2O2/c1-5-18-13(14(2,3)4)12(17)9-6-7-10(15)11(16)8-9/h6-8,12-13,17H,5H2,1-4H3.